The summed E-state index contributed by atoms with van der Waals surface area (Å²) in [5.74, 6) is 2.76. The fraction of sp³-hybridized carbons (Fsp3) is 0.864. The average Bonchev–Trinajstić information content (AvgIpc) is 3.16. The molecule has 3 fully saturated rings. The van der Waals surface area contributed by atoms with Crippen molar-refractivity contribution < 1.29 is 18.8 Å². The minimum Gasteiger partial charge on any atom is -0.377 e. The summed E-state index contributed by atoms with van der Waals surface area (Å²) in [5.41, 5.74) is -0.0834. The number of rotatable bonds is 6. The number of hydrogen-bond acceptors (Lipinski definition) is 6. The highest BCUT2D eigenvalue weighted by Gasteiger charge is 2.41. The standard InChI is InChI=1S/C22H35N3O4/c1-27-16-19-23-20(29-24-19)13-18-7-12-28-22(15-18)8-10-25(11-9-22)21(26)14-17-5-3-2-4-6-17/h17-18H,2-16H2,1H3. The summed E-state index contributed by atoms with van der Waals surface area (Å²) in [6, 6.07) is 0. The minimum atomic E-state index is -0.0834. The van der Waals surface area contributed by atoms with E-state index in [1.54, 1.807) is 7.11 Å². The predicted molar refractivity (Wildman–Crippen MR) is 107 cm³/mol. The molecule has 1 aromatic rings. The highest BCUT2D eigenvalue weighted by atomic mass is 16.5. The second-order valence-electron chi connectivity index (χ2n) is 9.22. The van der Waals surface area contributed by atoms with Crippen LogP contribution in [0.15, 0.2) is 4.52 Å². The van der Waals surface area contributed by atoms with Crippen molar-refractivity contribution in [1.82, 2.24) is 15.0 Å². The first-order valence-electron chi connectivity index (χ1n) is 11.4. The van der Waals surface area contributed by atoms with E-state index in [0.717, 1.165) is 58.2 Å². The third-order valence-electron chi connectivity index (χ3n) is 7.06. The van der Waals surface area contributed by atoms with Crippen molar-refractivity contribution in [3.8, 4) is 0 Å². The first kappa shape index (κ1) is 20.8. The summed E-state index contributed by atoms with van der Waals surface area (Å²) in [5, 5.41) is 3.97. The number of methoxy groups -OCH3 is 1. The molecule has 2 aliphatic heterocycles. The van der Waals surface area contributed by atoms with Crippen molar-refractivity contribution in [2.24, 2.45) is 11.8 Å². The second-order valence-corrected chi connectivity index (χ2v) is 9.22. The average molecular weight is 406 g/mol. The third kappa shape index (κ3) is 5.37. The van der Waals surface area contributed by atoms with Crippen molar-refractivity contribution in [2.75, 3.05) is 26.8 Å². The Morgan fingerprint density at radius 3 is 2.72 bits per heavy atom. The predicted octanol–water partition coefficient (Wildman–Crippen LogP) is 3.52. The van der Waals surface area contributed by atoms with Crippen LogP contribution in [0.3, 0.4) is 0 Å². The van der Waals surface area contributed by atoms with Gasteiger partial charge in [-0.05, 0) is 50.4 Å². The SMILES string of the molecule is COCc1noc(CC2CCOC3(CCN(C(=O)CC4CCCCC4)CC3)C2)n1. The first-order chi connectivity index (χ1) is 14.2. The van der Waals surface area contributed by atoms with Crippen molar-refractivity contribution in [3.05, 3.63) is 11.7 Å². The Kier molecular flexibility index (Phi) is 6.85. The molecule has 1 saturated carbocycles. The van der Waals surface area contributed by atoms with Gasteiger partial charge in [-0.3, -0.25) is 4.79 Å². The normalized spacial score (nSPS) is 25.4. The Morgan fingerprint density at radius 1 is 1.17 bits per heavy atom. The van der Waals surface area contributed by atoms with Gasteiger partial charge < -0.3 is 18.9 Å². The fourth-order valence-corrected chi connectivity index (χ4v) is 5.39. The lowest BCUT2D eigenvalue weighted by atomic mass is 9.78. The van der Waals surface area contributed by atoms with Crippen molar-refractivity contribution >= 4 is 5.91 Å². The van der Waals surface area contributed by atoms with Gasteiger partial charge in [0, 0.05) is 39.6 Å². The molecule has 0 N–H and O–H groups in total. The zero-order valence-corrected chi connectivity index (χ0v) is 17.7. The Hall–Kier alpha value is -1.47. The molecule has 1 aromatic heterocycles. The van der Waals surface area contributed by atoms with Gasteiger partial charge >= 0.3 is 0 Å². The lowest BCUT2D eigenvalue weighted by molar-refractivity contribution is -0.148. The van der Waals surface area contributed by atoms with E-state index in [4.69, 9.17) is 14.0 Å². The third-order valence-corrected chi connectivity index (χ3v) is 7.06. The van der Waals surface area contributed by atoms with Crippen LogP contribution in [0.4, 0.5) is 0 Å². The Bertz CT molecular complexity index is 663. The van der Waals surface area contributed by atoms with Crippen molar-refractivity contribution in [1.29, 1.82) is 0 Å². The topological polar surface area (TPSA) is 77.7 Å². The Morgan fingerprint density at radius 2 is 1.97 bits per heavy atom. The van der Waals surface area contributed by atoms with Crippen LogP contribution < -0.4 is 0 Å². The van der Waals surface area contributed by atoms with E-state index in [9.17, 15) is 4.79 Å². The highest BCUT2D eigenvalue weighted by Crippen LogP contribution is 2.39. The van der Waals surface area contributed by atoms with Crippen LogP contribution in [-0.2, 0) is 27.3 Å². The first-order valence-corrected chi connectivity index (χ1v) is 11.4. The molecule has 1 amide bonds. The summed E-state index contributed by atoms with van der Waals surface area (Å²) in [4.78, 5) is 19.3. The Balaban J connectivity index is 1.26. The number of ether oxygens (including phenoxy) is 2. The van der Waals surface area contributed by atoms with E-state index >= 15 is 0 Å². The number of aromatic nitrogens is 2. The van der Waals surface area contributed by atoms with E-state index in [0.29, 0.717) is 36.1 Å². The number of carbonyl (C=O) groups excluding carboxylic acids is 1. The van der Waals surface area contributed by atoms with Gasteiger partial charge in [0.05, 0.1) is 5.60 Å². The molecule has 0 bridgehead atoms. The maximum atomic E-state index is 12.7. The maximum absolute atomic E-state index is 12.7. The van der Waals surface area contributed by atoms with E-state index in [1.165, 1.54) is 32.1 Å². The number of amides is 1. The molecule has 162 valence electrons. The minimum absolute atomic E-state index is 0.0834. The van der Waals surface area contributed by atoms with Crippen LogP contribution >= 0.6 is 0 Å². The van der Waals surface area contributed by atoms with Gasteiger partial charge in [0.25, 0.3) is 0 Å². The van der Waals surface area contributed by atoms with E-state index < -0.39 is 0 Å². The summed E-state index contributed by atoms with van der Waals surface area (Å²) in [6.45, 7) is 2.82. The van der Waals surface area contributed by atoms with Gasteiger partial charge in [0.1, 0.15) is 6.61 Å². The monoisotopic (exact) mass is 405 g/mol. The highest BCUT2D eigenvalue weighted by molar-refractivity contribution is 5.76. The van der Waals surface area contributed by atoms with Crippen LogP contribution in [0.2, 0.25) is 0 Å². The number of carbonyl (C=O) groups is 1. The largest absolute Gasteiger partial charge is 0.377 e. The fourth-order valence-electron chi connectivity index (χ4n) is 5.39. The quantitative estimate of drug-likeness (QED) is 0.721. The molecule has 3 heterocycles. The van der Waals surface area contributed by atoms with Crippen LogP contribution in [0.5, 0.6) is 0 Å². The zero-order valence-electron chi connectivity index (χ0n) is 17.7. The molecule has 7 nitrogen and oxygen atoms in total. The number of likely N-dealkylation sites (tertiary alicyclic amines) is 1. The molecule has 0 aromatic carbocycles. The molecule has 1 aliphatic carbocycles. The zero-order chi connectivity index (χ0) is 20.1. The molecular weight excluding hydrogens is 370 g/mol. The van der Waals surface area contributed by atoms with Gasteiger partial charge in [0.15, 0.2) is 5.82 Å². The number of hydrogen-bond donors (Lipinski definition) is 0. The van der Waals surface area contributed by atoms with Gasteiger partial charge in [0.2, 0.25) is 11.8 Å². The lowest BCUT2D eigenvalue weighted by Gasteiger charge is -2.46. The van der Waals surface area contributed by atoms with Crippen LogP contribution in [0, 0.1) is 11.8 Å². The van der Waals surface area contributed by atoms with Crippen molar-refractivity contribution in [2.45, 2.75) is 82.8 Å². The summed E-state index contributed by atoms with van der Waals surface area (Å²) in [7, 11) is 1.63. The molecule has 1 unspecified atom stereocenters. The summed E-state index contributed by atoms with van der Waals surface area (Å²) in [6.07, 6.45) is 11.9. The van der Waals surface area contributed by atoms with Gasteiger partial charge in [-0.25, -0.2) is 0 Å². The van der Waals surface area contributed by atoms with Crippen molar-refractivity contribution in [3.63, 3.8) is 0 Å². The molecule has 7 heteroatoms. The molecule has 1 atom stereocenters. The Labute approximate surface area is 173 Å². The van der Waals surface area contributed by atoms with E-state index in [1.807, 2.05) is 0 Å². The molecule has 2 saturated heterocycles. The maximum Gasteiger partial charge on any atom is 0.227 e. The molecule has 3 aliphatic rings. The molecule has 1 spiro atoms. The van der Waals surface area contributed by atoms with Gasteiger partial charge in [-0.15, -0.1) is 0 Å². The smallest absolute Gasteiger partial charge is 0.227 e. The molecule has 29 heavy (non-hydrogen) atoms. The number of nitrogens with zero attached hydrogens (tertiary/aromatic N) is 3. The lowest BCUT2D eigenvalue weighted by Crippen LogP contribution is -2.51. The second kappa shape index (κ2) is 9.56. The number of piperidine rings is 1. The van der Waals surface area contributed by atoms with E-state index in [2.05, 4.69) is 15.0 Å². The van der Waals surface area contributed by atoms with Gasteiger partial charge in [-0.2, -0.15) is 4.98 Å². The summed E-state index contributed by atoms with van der Waals surface area (Å²) >= 11 is 0. The van der Waals surface area contributed by atoms with Gasteiger partial charge in [-0.1, -0.05) is 24.4 Å². The molecular formula is C22H35N3O4. The molecule has 0 radical (unpaired) electrons. The molecule has 4 rings (SSSR count). The van der Waals surface area contributed by atoms with Crippen LogP contribution in [0.25, 0.3) is 0 Å². The van der Waals surface area contributed by atoms with Crippen LogP contribution in [0.1, 0.15) is 75.9 Å². The van der Waals surface area contributed by atoms with E-state index in [-0.39, 0.29) is 5.60 Å². The summed E-state index contributed by atoms with van der Waals surface area (Å²) < 4.78 is 16.7. The van der Waals surface area contributed by atoms with Crippen LogP contribution in [-0.4, -0.2) is 53.4 Å².